The van der Waals surface area contributed by atoms with Gasteiger partial charge in [-0.1, -0.05) is 6.07 Å². The summed E-state index contributed by atoms with van der Waals surface area (Å²) in [6, 6.07) is 4.45. The Morgan fingerprint density at radius 1 is 1.45 bits per heavy atom. The van der Waals surface area contributed by atoms with Crippen LogP contribution in [0.15, 0.2) is 18.2 Å². The van der Waals surface area contributed by atoms with Gasteiger partial charge in [-0.3, -0.25) is 9.59 Å². The zero-order chi connectivity index (χ0) is 14.7. The molecule has 1 aliphatic rings. The molecule has 1 aromatic carbocycles. The minimum atomic E-state index is -0.842. The Balaban J connectivity index is 2.08. The lowest BCUT2D eigenvalue weighted by Crippen LogP contribution is -2.40. The van der Waals surface area contributed by atoms with Gasteiger partial charge in [-0.25, -0.2) is 4.39 Å². The minimum absolute atomic E-state index is 0.0134. The number of carbonyl (C=O) groups excluding carboxylic acids is 1. The second-order valence-corrected chi connectivity index (χ2v) is 5.32. The van der Waals surface area contributed by atoms with E-state index in [1.54, 1.807) is 24.0 Å². The molecular formula is C15H18FNO3. The van der Waals surface area contributed by atoms with Crippen molar-refractivity contribution < 1.29 is 19.1 Å². The molecule has 1 N–H and O–H groups in total. The van der Waals surface area contributed by atoms with Gasteiger partial charge >= 0.3 is 5.97 Å². The van der Waals surface area contributed by atoms with Crippen molar-refractivity contribution in [3.63, 3.8) is 0 Å². The van der Waals surface area contributed by atoms with Crippen LogP contribution in [-0.2, 0) is 4.79 Å². The molecular weight excluding hydrogens is 261 g/mol. The Morgan fingerprint density at radius 3 is 2.85 bits per heavy atom. The van der Waals surface area contributed by atoms with Gasteiger partial charge in [0.2, 0.25) is 0 Å². The highest BCUT2D eigenvalue weighted by molar-refractivity contribution is 5.94. The molecule has 0 bridgehead atoms. The Hall–Kier alpha value is -1.91. The lowest BCUT2D eigenvalue weighted by Gasteiger charge is -2.32. The van der Waals surface area contributed by atoms with E-state index < -0.39 is 11.8 Å². The number of carboxylic acid groups (broad SMARTS) is 1. The van der Waals surface area contributed by atoms with Crippen LogP contribution in [-0.4, -0.2) is 35.0 Å². The van der Waals surface area contributed by atoms with Crippen molar-refractivity contribution in [2.45, 2.75) is 26.2 Å². The maximum Gasteiger partial charge on any atom is 0.303 e. The molecule has 0 aromatic heterocycles. The topological polar surface area (TPSA) is 57.6 Å². The predicted molar refractivity (Wildman–Crippen MR) is 72.0 cm³/mol. The molecule has 5 heteroatoms. The number of piperidine rings is 1. The average Bonchev–Trinajstić information content (AvgIpc) is 2.40. The maximum atomic E-state index is 13.5. The van der Waals surface area contributed by atoms with Gasteiger partial charge in [0, 0.05) is 25.1 Å². The monoisotopic (exact) mass is 279 g/mol. The lowest BCUT2D eigenvalue weighted by molar-refractivity contribution is -0.138. The van der Waals surface area contributed by atoms with Gasteiger partial charge in [0.15, 0.2) is 0 Å². The summed E-state index contributed by atoms with van der Waals surface area (Å²) >= 11 is 0. The first-order valence-corrected chi connectivity index (χ1v) is 6.74. The van der Waals surface area contributed by atoms with Crippen LogP contribution in [0.25, 0.3) is 0 Å². The third kappa shape index (κ3) is 3.35. The van der Waals surface area contributed by atoms with Gasteiger partial charge in [-0.05, 0) is 43.4 Å². The van der Waals surface area contributed by atoms with Crippen LogP contribution >= 0.6 is 0 Å². The van der Waals surface area contributed by atoms with E-state index in [-0.39, 0.29) is 18.2 Å². The highest BCUT2D eigenvalue weighted by Gasteiger charge is 2.26. The molecule has 1 amide bonds. The SMILES string of the molecule is Cc1ccc(C(=O)N2CCCC(CC(=O)O)C2)cc1F. The van der Waals surface area contributed by atoms with Crippen molar-refractivity contribution in [3.05, 3.63) is 35.1 Å². The summed E-state index contributed by atoms with van der Waals surface area (Å²) in [6.07, 6.45) is 1.68. The summed E-state index contributed by atoms with van der Waals surface area (Å²) in [5, 5.41) is 8.82. The Morgan fingerprint density at radius 2 is 2.20 bits per heavy atom. The Labute approximate surface area is 117 Å². The van der Waals surface area contributed by atoms with E-state index in [0.29, 0.717) is 24.2 Å². The van der Waals surface area contributed by atoms with Crippen molar-refractivity contribution in [2.75, 3.05) is 13.1 Å². The highest BCUT2D eigenvalue weighted by atomic mass is 19.1. The van der Waals surface area contributed by atoms with Crippen molar-refractivity contribution in [3.8, 4) is 0 Å². The molecule has 0 saturated carbocycles. The number of likely N-dealkylation sites (tertiary alicyclic amines) is 1. The number of amides is 1. The molecule has 4 nitrogen and oxygen atoms in total. The number of nitrogens with zero attached hydrogens (tertiary/aromatic N) is 1. The van der Waals surface area contributed by atoms with E-state index in [4.69, 9.17) is 5.11 Å². The molecule has 0 aliphatic carbocycles. The number of aryl methyl sites for hydroxylation is 1. The van der Waals surface area contributed by atoms with Crippen molar-refractivity contribution in [2.24, 2.45) is 5.92 Å². The summed E-state index contributed by atoms with van der Waals surface area (Å²) in [5.41, 5.74) is 0.827. The largest absolute Gasteiger partial charge is 0.481 e. The minimum Gasteiger partial charge on any atom is -0.481 e. The van der Waals surface area contributed by atoms with Crippen LogP contribution in [0.2, 0.25) is 0 Å². The van der Waals surface area contributed by atoms with Crippen LogP contribution in [0.5, 0.6) is 0 Å². The molecule has 1 unspecified atom stereocenters. The molecule has 2 rings (SSSR count). The second-order valence-electron chi connectivity index (χ2n) is 5.32. The van der Waals surface area contributed by atoms with Gasteiger partial charge in [0.05, 0.1) is 0 Å². The van der Waals surface area contributed by atoms with E-state index in [1.165, 1.54) is 6.07 Å². The standard InChI is InChI=1S/C15H18FNO3/c1-10-4-5-12(8-13(10)16)15(20)17-6-2-3-11(9-17)7-14(18)19/h4-5,8,11H,2-3,6-7,9H2,1H3,(H,18,19). The van der Waals surface area contributed by atoms with E-state index in [1.807, 2.05) is 0 Å². The number of aliphatic carboxylic acids is 1. The number of hydrogen-bond acceptors (Lipinski definition) is 2. The zero-order valence-corrected chi connectivity index (χ0v) is 11.4. The summed E-state index contributed by atoms with van der Waals surface area (Å²) in [5.74, 6) is -1.47. The first-order chi connectivity index (χ1) is 9.47. The van der Waals surface area contributed by atoms with E-state index in [0.717, 1.165) is 12.8 Å². The quantitative estimate of drug-likeness (QED) is 0.924. The van der Waals surface area contributed by atoms with Gasteiger partial charge in [-0.15, -0.1) is 0 Å². The molecule has 1 aromatic rings. The second kappa shape index (κ2) is 6.03. The lowest BCUT2D eigenvalue weighted by atomic mass is 9.94. The Bertz CT molecular complexity index is 530. The maximum absolute atomic E-state index is 13.5. The molecule has 1 fully saturated rings. The first kappa shape index (κ1) is 14.5. The first-order valence-electron chi connectivity index (χ1n) is 6.74. The molecule has 0 spiro atoms. The molecule has 1 heterocycles. The van der Waals surface area contributed by atoms with Crippen LogP contribution in [0.4, 0.5) is 4.39 Å². The fraction of sp³-hybridized carbons (Fsp3) is 0.467. The molecule has 1 atom stereocenters. The van der Waals surface area contributed by atoms with Crippen LogP contribution in [0, 0.1) is 18.7 Å². The number of rotatable bonds is 3. The average molecular weight is 279 g/mol. The summed E-state index contributed by atoms with van der Waals surface area (Å²) < 4.78 is 13.5. The van der Waals surface area contributed by atoms with Crippen molar-refractivity contribution in [1.29, 1.82) is 0 Å². The molecule has 0 radical (unpaired) electrons. The van der Waals surface area contributed by atoms with E-state index >= 15 is 0 Å². The summed E-state index contributed by atoms with van der Waals surface area (Å²) in [4.78, 5) is 24.7. The zero-order valence-electron chi connectivity index (χ0n) is 11.4. The molecule has 20 heavy (non-hydrogen) atoms. The van der Waals surface area contributed by atoms with Gasteiger partial charge < -0.3 is 10.0 Å². The number of hydrogen-bond donors (Lipinski definition) is 1. The van der Waals surface area contributed by atoms with Crippen molar-refractivity contribution >= 4 is 11.9 Å². The summed E-state index contributed by atoms with van der Waals surface area (Å²) in [6.45, 7) is 2.68. The predicted octanol–water partition coefficient (Wildman–Crippen LogP) is 2.46. The van der Waals surface area contributed by atoms with Crippen LogP contribution in [0.1, 0.15) is 35.2 Å². The third-order valence-electron chi connectivity index (χ3n) is 3.69. The number of carbonyl (C=O) groups is 2. The molecule has 1 aliphatic heterocycles. The molecule has 1 saturated heterocycles. The molecule has 108 valence electrons. The number of halogens is 1. The van der Waals surface area contributed by atoms with Crippen molar-refractivity contribution in [1.82, 2.24) is 4.90 Å². The Kier molecular flexibility index (Phi) is 4.37. The smallest absolute Gasteiger partial charge is 0.303 e. The fourth-order valence-corrected chi connectivity index (χ4v) is 2.57. The van der Waals surface area contributed by atoms with E-state index in [2.05, 4.69) is 0 Å². The third-order valence-corrected chi connectivity index (χ3v) is 3.69. The number of carboxylic acids is 1. The van der Waals surface area contributed by atoms with Gasteiger partial charge in [-0.2, -0.15) is 0 Å². The van der Waals surface area contributed by atoms with Crippen LogP contribution in [0.3, 0.4) is 0 Å². The normalized spacial score (nSPS) is 18.9. The van der Waals surface area contributed by atoms with Crippen LogP contribution < -0.4 is 0 Å². The number of benzene rings is 1. The highest BCUT2D eigenvalue weighted by Crippen LogP contribution is 2.21. The van der Waals surface area contributed by atoms with E-state index in [9.17, 15) is 14.0 Å². The fourth-order valence-electron chi connectivity index (χ4n) is 2.57. The van der Waals surface area contributed by atoms with Gasteiger partial charge in [0.1, 0.15) is 5.82 Å². The van der Waals surface area contributed by atoms with Gasteiger partial charge in [0.25, 0.3) is 5.91 Å². The summed E-state index contributed by atoms with van der Waals surface area (Å²) in [7, 11) is 0.